The Balaban J connectivity index is 1.50. The first-order valence-corrected chi connectivity index (χ1v) is 10.1. The summed E-state index contributed by atoms with van der Waals surface area (Å²) in [5.41, 5.74) is 6.39. The Labute approximate surface area is 187 Å². The Hall–Kier alpha value is -4.35. The van der Waals surface area contributed by atoms with Gasteiger partial charge in [0.05, 0.1) is 12.1 Å². The van der Waals surface area contributed by atoms with Crippen molar-refractivity contribution in [1.82, 2.24) is 19.9 Å². The number of carbonyl (C=O) groups excluding carboxylic acids is 1. The van der Waals surface area contributed by atoms with Gasteiger partial charge < -0.3 is 30.6 Å². The number of H-pyrrole nitrogens is 1. The van der Waals surface area contributed by atoms with Crippen molar-refractivity contribution in [2.75, 3.05) is 12.3 Å². The van der Waals surface area contributed by atoms with Crippen LogP contribution in [0.15, 0.2) is 41.3 Å². The lowest BCUT2D eigenvalue weighted by atomic mass is 10.1. The summed E-state index contributed by atoms with van der Waals surface area (Å²) in [7, 11) is 0. The molecule has 12 nitrogen and oxygen atoms in total. The summed E-state index contributed by atoms with van der Waals surface area (Å²) >= 11 is 0. The summed E-state index contributed by atoms with van der Waals surface area (Å²) < 4.78 is 7.42. The number of benzene rings is 1. The van der Waals surface area contributed by atoms with Crippen molar-refractivity contribution in [1.29, 1.82) is 0 Å². The summed E-state index contributed by atoms with van der Waals surface area (Å²) in [4.78, 5) is 52.7. The van der Waals surface area contributed by atoms with Gasteiger partial charge in [0.25, 0.3) is 11.5 Å². The number of hydrogen-bond donors (Lipinski definition) is 5. The molecule has 174 valence electrons. The highest BCUT2D eigenvalue weighted by molar-refractivity contribution is 5.96. The Kier molecular flexibility index (Phi) is 7.28. The number of anilines is 1. The van der Waals surface area contributed by atoms with Gasteiger partial charge in [-0.25, -0.2) is 9.78 Å². The van der Waals surface area contributed by atoms with Crippen molar-refractivity contribution in [2.45, 2.75) is 31.8 Å². The maximum atomic E-state index is 12.3. The van der Waals surface area contributed by atoms with Gasteiger partial charge in [-0.1, -0.05) is 0 Å². The molecule has 1 aromatic carbocycles. The van der Waals surface area contributed by atoms with Gasteiger partial charge in [-0.05, 0) is 43.2 Å². The van der Waals surface area contributed by atoms with Crippen LogP contribution in [-0.4, -0.2) is 55.2 Å². The van der Waals surface area contributed by atoms with E-state index in [-0.39, 0.29) is 29.9 Å². The molecule has 0 saturated heterocycles. The van der Waals surface area contributed by atoms with Gasteiger partial charge in [0.2, 0.25) is 5.95 Å². The van der Waals surface area contributed by atoms with Gasteiger partial charge in [0.15, 0.2) is 0 Å². The van der Waals surface area contributed by atoms with Crippen LogP contribution in [-0.2, 0) is 16.1 Å². The third-order valence-electron chi connectivity index (χ3n) is 4.82. The fourth-order valence-electron chi connectivity index (χ4n) is 3.21. The molecule has 12 heteroatoms. The van der Waals surface area contributed by atoms with E-state index in [9.17, 15) is 19.2 Å². The van der Waals surface area contributed by atoms with E-state index < -0.39 is 23.9 Å². The van der Waals surface area contributed by atoms with Crippen LogP contribution in [0.3, 0.4) is 0 Å². The SMILES string of the molecule is Nc1nc2ccn(CCCOc3ccc(C(=O)N[C@@H](CCC(=O)O)C(=O)O)cc3)c2c(=O)[nH]1. The summed E-state index contributed by atoms with van der Waals surface area (Å²) in [6.45, 7) is 0.868. The number of nitrogens with zero attached hydrogens (tertiary/aromatic N) is 2. The van der Waals surface area contributed by atoms with Crippen molar-refractivity contribution < 1.29 is 29.3 Å². The Morgan fingerprint density at radius 2 is 1.91 bits per heavy atom. The third-order valence-corrected chi connectivity index (χ3v) is 4.82. The van der Waals surface area contributed by atoms with Crippen molar-refractivity contribution in [3.8, 4) is 5.75 Å². The number of ether oxygens (including phenoxy) is 1. The number of aryl methyl sites for hydroxylation is 1. The molecule has 0 fully saturated rings. The van der Waals surface area contributed by atoms with Gasteiger partial charge in [0.1, 0.15) is 17.3 Å². The lowest BCUT2D eigenvalue weighted by Gasteiger charge is -2.14. The summed E-state index contributed by atoms with van der Waals surface area (Å²) in [6.07, 6.45) is 1.76. The van der Waals surface area contributed by atoms with Crippen LogP contribution in [0.25, 0.3) is 11.0 Å². The van der Waals surface area contributed by atoms with E-state index in [1.165, 1.54) is 12.1 Å². The Morgan fingerprint density at radius 3 is 2.58 bits per heavy atom. The van der Waals surface area contributed by atoms with E-state index in [1.54, 1.807) is 29.0 Å². The summed E-state index contributed by atoms with van der Waals surface area (Å²) in [5, 5.41) is 20.1. The number of carboxylic acid groups (broad SMARTS) is 2. The first-order valence-electron chi connectivity index (χ1n) is 10.1. The van der Waals surface area contributed by atoms with Crippen molar-refractivity contribution in [2.24, 2.45) is 0 Å². The monoisotopic (exact) mass is 457 g/mol. The maximum absolute atomic E-state index is 12.3. The summed E-state index contributed by atoms with van der Waals surface area (Å²) in [6, 6.07) is 6.52. The molecule has 0 unspecified atom stereocenters. The zero-order valence-corrected chi connectivity index (χ0v) is 17.5. The topological polar surface area (TPSA) is 190 Å². The highest BCUT2D eigenvalue weighted by Crippen LogP contribution is 2.14. The molecule has 0 radical (unpaired) electrons. The second-order valence-corrected chi connectivity index (χ2v) is 7.22. The van der Waals surface area contributed by atoms with Crippen molar-refractivity contribution in [3.05, 3.63) is 52.4 Å². The fourth-order valence-corrected chi connectivity index (χ4v) is 3.21. The molecule has 3 aromatic rings. The average molecular weight is 457 g/mol. The van der Waals surface area contributed by atoms with E-state index in [1.807, 2.05) is 0 Å². The molecule has 0 bridgehead atoms. The minimum Gasteiger partial charge on any atom is -0.494 e. The number of rotatable bonds is 11. The standard InChI is InChI=1S/C21H23N5O7/c22-21-24-14-8-10-26(17(14)19(30)25-21)9-1-11-33-13-4-2-12(3-5-13)18(29)23-15(20(31)32)6-7-16(27)28/h2-5,8,10,15H,1,6-7,9,11H2,(H,23,29)(H,27,28)(H,31,32)(H3,22,24,25,30)/t15-/m0/s1. The number of aromatic amines is 1. The lowest BCUT2D eigenvalue weighted by molar-refractivity contribution is -0.140. The van der Waals surface area contributed by atoms with Crippen molar-refractivity contribution in [3.63, 3.8) is 0 Å². The van der Waals surface area contributed by atoms with Crippen LogP contribution in [0.4, 0.5) is 5.95 Å². The summed E-state index contributed by atoms with van der Waals surface area (Å²) in [5.74, 6) is -2.50. The van der Waals surface area contributed by atoms with Crippen LogP contribution in [0, 0.1) is 0 Å². The smallest absolute Gasteiger partial charge is 0.326 e. The molecular weight excluding hydrogens is 434 g/mol. The Morgan fingerprint density at radius 1 is 1.18 bits per heavy atom. The fraction of sp³-hybridized carbons (Fsp3) is 0.286. The van der Waals surface area contributed by atoms with Crippen LogP contribution >= 0.6 is 0 Å². The number of amides is 1. The van der Waals surface area contributed by atoms with E-state index in [0.717, 1.165) is 0 Å². The number of aliphatic carboxylic acids is 2. The average Bonchev–Trinajstić information content (AvgIpc) is 3.17. The number of nitrogen functional groups attached to an aromatic ring is 1. The quantitative estimate of drug-likeness (QED) is 0.260. The highest BCUT2D eigenvalue weighted by atomic mass is 16.5. The number of nitrogens with two attached hydrogens (primary N) is 1. The highest BCUT2D eigenvalue weighted by Gasteiger charge is 2.21. The molecule has 0 aliphatic heterocycles. The molecule has 0 saturated carbocycles. The molecular formula is C21H23N5O7. The molecule has 1 atom stereocenters. The van der Waals surface area contributed by atoms with E-state index in [2.05, 4.69) is 15.3 Å². The van der Waals surface area contributed by atoms with Gasteiger partial charge in [-0.3, -0.25) is 19.4 Å². The predicted molar refractivity (Wildman–Crippen MR) is 117 cm³/mol. The molecule has 2 heterocycles. The largest absolute Gasteiger partial charge is 0.494 e. The molecule has 0 aliphatic carbocycles. The Bertz CT molecular complexity index is 1220. The number of nitrogens with one attached hydrogen (secondary N) is 2. The first kappa shape index (κ1) is 23.3. The van der Waals surface area contributed by atoms with Crippen molar-refractivity contribution >= 4 is 34.8 Å². The zero-order chi connectivity index (χ0) is 24.0. The molecule has 33 heavy (non-hydrogen) atoms. The van der Waals surface area contributed by atoms with Crippen LogP contribution in [0.2, 0.25) is 0 Å². The van der Waals surface area contributed by atoms with E-state index >= 15 is 0 Å². The number of carbonyl (C=O) groups is 3. The van der Waals surface area contributed by atoms with Crippen LogP contribution in [0.5, 0.6) is 5.75 Å². The normalized spacial score (nSPS) is 11.8. The molecule has 3 rings (SSSR count). The van der Waals surface area contributed by atoms with Gasteiger partial charge in [-0.15, -0.1) is 0 Å². The number of fused-ring (bicyclic) bond motifs is 1. The maximum Gasteiger partial charge on any atom is 0.326 e. The van der Waals surface area contributed by atoms with Gasteiger partial charge >= 0.3 is 11.9 Å². The lowest BCUT2D eigenvalue weighted by Crippen LogP contribution is -2.41. The first-order chi connectivity index (χ1) is 15.7. The van der Waals surface area contributed by atoms with Gasteiger partial charge in [-0.2, -0.15) is 0 Å². The van der Waals surface area contributed by atoms with E-state index in [0.29, 0.717) is 36.4 Å². The van der Waals surface area contributed by atoms with Crippen LogP contribution < -0.4 is 21.3 Å². The molecule has 1 amide bonds. The number of aromatic nitrogens is 3. The number of hydrogen-bond acceptors (Lipinski definition) is 7. The third kappa shape index (κ3) is 6.09. The minimum atomic E-state index is -1.30. The second kappa shape index (κ2) is 10.3. The molecule has 0 spiro atoms. The van der Waals surface area contributed by atoms with Crippen LogP contribution in [0.1, 0.15) is 29.6 Å². The van der Waals surface area contributed by atoms with Gasteiger partial charge in [0, 0.05) is 24.7 Å². The molecule has 0 aliphatic rings. The predicted octanol–water partition coefficient (Wildman–Crippen LogP) is 0.824. The number of carboxylic acids is 2. The molecule has 2 aromatic heterocycles. The minimum absolute atomic E-state index is 0.0597. The molecule has 6 N–H and O–H groups in total. The van der Waals surface area contributed by atoms with E-state index in [4.69, 9.17) is 20.7 Å². The zero-order valence-electron chi connectivity index (χ0n) is 17.5. The second-order valence-electron chi connectivity index (χ2n) is 7.22.